The van der Waals surface area contributed by atoms with Crippen LogP contribution in [0.2, 0.25) is 0 Å². The van der Waals surface area contributed by atoms with Gasteiger partial charge in [-0.3, -0.25) is 0 Å². The maximum Gasteiger partial charge on any atom is 0.344 e. The van der Waals surface area contributed by atoms with Crippen molar-refractivity contribution >= 4 is 28.3 Å². The van der Waals surface area contributed by atoms with Crippen molar-refractivity contribution in [1.82, 2.24) is 9.27 Å². The van der Waals surface area contributed by atoms with Crippen LogP contribution in [0.5, 0.6) is 0 Å². The summed E-state index contributed by atoms with van der Waals surface area (Å²) in [4.78, 5) is 14.0. The van der Waals surface area contributed by atoms with Crippen LogP contribution in [0.1, 0.15) is 31.1 Å². The van der Waals surface area contributed by atoms with Crippen molar-refractivity contribution in [2.45, 2.75) is 26.8 Å². The van der Waals surface area contributed by atoms with E-state index in [1.54, 1.807) is 0 Å². The zero-order chi connectivity index (χ0) is 14.4. The number of nitrogens with one attached hydrogen (secondary N) is 1. The van der Waals surface area contributed by atoms with E-state index < -0.39 is 5.97 Å². The van der Waals surface area contributed by atoms with E-state index in [4.69, 9.17) is 10.5 Å². The summed E-state index contributed by atoms with van der Waals surface area (Å²) in [5.74, 6) is -0.238. The number of hydrogen-bond donors (Lipinski definition) is 2. The van der Waals surface area contributed by atoms with Crippen molar-refractivity contribution in [3.8, 4) is 0 Å². The van der Waals surface area contributed by atoms with Gasteiger partial charge in [0.2, 0.25) is 0 Å². The topological polar surface area (TPSA) is 80.5 Å². The number of esters is 1. The molecule has 6 nitrogen and oxygen atoms in total. The summed E-state index contributed by atoms with van der Waals surface area (Å²) in [7, 11) is 1.34. The normalized spacial score (nSPS) is 12.5. The number of anilines is 2. The van der Waals surface area contributed by atoms with Crippen LogP contribution in [-0.2, 0) is 4.74 Å². The van der Waals surface area contributed by atoms with Crippen LogP contribution < -0.4 is 11.1 Å². The maximum absolute atomic E-state index is 11.6. The van der Waals surface area contributed by atoms with Crippen LogP contribution in [0.25, 0.3) is 0 Å². The van der Waals surface area contributed by atoms with Gasteiger partial charge in [0, 0.05) is 12.6 Å². The van der Waals surface area contributed by atoms with Crippen molar-refractivity contribution in [3.05, 3.63) is 5.56 Å². The molecule has 0 aromatic carbocycles. The minimum atomic E-state index is -0.455. The molecule has 0 saturated carbocycles. The van der Waals surface area contributed by atoms with Gasteiger partial charge in [-0.2, -0.15) is 4.37 Å². The number of hydrogen-bond acceptors (Lipinski definition) is 7. The van der Waals surface area contributed by atoms with Gasteiger partial charge in [0.05, 0.1) is 7.11 Å². The molecule has 1 rings (SSSR count). The van der Waals surface area contributed by atoms with E-state index in [1.807, 2.05) is 0 Å². The second-order valence-corrected chi connectivity index (χ2v) is 5.07. The molecule has 0 amide bonds. The number of nitrogens with two attached hydrogens (primary N) is 1. The Hall–Kier alpha value is -1.34. The van der Waals surface area contributed by atoms with Gasteiger partial charge in [0.25, 0.3) is 0 Å². The third-order valence-corrected chi connectivity index (χ3v) is 3.70. The average Bonchev–Trinajstić information content (AvgIpc) is 2.76. The lowest BCUT2D eigenvalue weighted by Gasteiger charge is -2.23. The number of carbonyl (C=O) groups is 1. The largest absolute Gasteiger partial charge is 0.465 e. The Bertz CT molecular complexity index is 418. The van der Waals surface area contributed by atoms with Crippen molar-refractivity contribution in [2.24, 2.45) is 0 Å². The molecule has 7 heteroatoms. The van der Waals surface area contributed by atoms with Gasteiger partial charge < -0.3 is 20.7 Å². The van der Waals surface area contributed by atoms with Crippen LogP contribution >= 0.6 is 11.5 Å². The zero-order valence-electron chi connectivity index (χ0n) is 11.9. The second kappa shape index (κ2) is 7.30. The lowest BCUT2D eigenvalue weighted by molar-refractivity contribution is 0.0603. The number of carbonyl (C=O) groups excluding carboxylic acids is 1. The van der Waals surface area contributed by atoms with Crippen LogP contribution in [0.3, 0.4) is 0 Å². The summed E-state index contributed by atoms with van der Waals surface area (Å²) < 4.78 is 8.72. The van der Waals surface area contributed by atoms with Gasteiger partial charge in [-0.15, -0.1) is 0 Å². The molecule has 1 unspecified atom stereocenters. The number of aromatic nitrogens is 1. The van der Waals surface area contributed by atoms with Gasteiger partial charge in [0.1, 0.15) is 10.6 Å². The highest BCUT2D eigenvalue weighted by molar-refractivity contribution is 7.11. The number of methoxy groups -OCH3 is 1. The Kier molecular flexibility index (Phi) is 6.04. The molecular weight excluding hydrogens is 264 g/mol. The Morgan fingerprint density at radius 3 is 2.68 bits per heavy atom. The Balaban J connectivity index is 2.74. The summed E-state index contributed by atoms with van der Waals surface area (Å²) in [6.07, 6.45) is 0. The molecule has 0 radical (unpaired) electrons. The Morgan fingerprint density at radius 2 is 2.16 bits per heavy atom. The van der Waals surface area contributed by atoms with Gasteiger partial charge in [0.15, 0.2) is 5.82 Å². The van der Waals surface area contributed by atoms with Gasteiger partial charge >= 0.3 is 5.97 Å². The SMILES string of the molecule is CCN(CC)CC(C)Nc1snc(N)c1C(=O)OC. The fourth-order valence-electron chi connectivity index (χ4n) is 1.84. The molecular formula is C12H22N4O2S. The molecule has 0 fully saturated rings. The molecule has 0 aliphatic rings. The lowest BCUT2D eigenvalue weighted by Crippen LogP contribution is -2.34. The van der Waals surface area contributed by atoms with Crippen LogP contribution in [-0.4, -0.2) is 48.0 Å². The summed E-state index contributed by atoms with van der Waals surface area (Å²) in [6, 6.07) is 0.197. The van der Waals surface area contributed by atoms with Crippen molar-refractivity contribution in [3.63, 3.8) is 0 Å². The predicted octanol–water partition coefficient (Wildman–Crippen LogP) is 1.65. The molecule has 1 heterocycles. The third kappa shape index (κ3) is 4.07. The van der Waals surface area contributed by atoms with E-state index in [9.17, 15) is 4.79 Å². The highest BCUT2D eigenvalue weighted by atomic mass is 32.1. The molecule has 1 atom stereocenters. The smallest absolute Gasteiger partial charge is 0.344 e. The summed E-state index contributed by atoms with van der Waals surface area (Å²) in [5.41, 5.74) is 6.03. The Labute approximate surface area is 118 Å². The molecule has 1 aromatic heterocycles. The molecule has 0 aliphatic heterocycles. The minimum Gasteiger partial charge on any atom is -0.465 e. The third-order valence-electron chi connectivity index (χ3n) is 2.91. The summed E-state index contributed by atoms with van der Waals surface area (Å²) >= 11 is 1.19. The molecule has 3 N–H and O–H groups in total. The van der Waals surface area contributed by atoms with E-state index in [1.165, 1.54) is 18.6 Å². The van der Waals surface area contributed by atoms with Gasteiger partial charge in [-0.1, -0.05) is 13.8 Å². The number of nitrogen functional groups attached to an aromatic ring is 1. The van der Waals surface area contributed by atoms with Gasteiger partial charge in [-0.05, 0) is 31.5 Å². The lowest BCUT2D eigenvalue weighted by atomic mass is 10.2. The first-order valence-corrected chi connectivity index (χ1v) is 7.13. The fraction of sp³-hybridized carbons (Fsp3) is 0.667. The summed E-state index contributed by atoms with van der Waals surface area (Å²) in [6.45, 7) is 9.21. The highest BCUT2D eigenvalue weighted by Crippen LogP contribution is 2.28. The standard InChI is InChI=1S/C12H22N4O2S/c1-5-16(6-2)7-8(3)14-11-9(12(17)18-4)10(13)15-19-11/h8,14H,5-7H2,1-4H3,(H2,13,15). The fourth-order valence-corrected chi connectivity index (χ4v) is 2.65. The number of rotatable bonds is 7. The molecule has 1 aromatic rings. The first-order valence-electron chi connectivity index (χ1n) is 6.35. The quantitative estimate of drug-likeness (QED) is 0.742. The summed E-state index contributed by atoms with van der Waals surface area (Å²) in [5, 5.41) is 3.95. The monoisotopic (exact) mass is 286 g/mol. The second-order valence-electron chi connectivity index (χ2n) is 4.29. The molecule has 0 aliphatic carbocycles. The number of likely N-dealkylation sites (N-methyl/N-ethyl adjacent to an activating group) is 1. The van der Waals surface area contributed by atoms with E-state index in [-0.39, 0.29) is 11.9 Å². The van der Waals surface area contributed by atoms with E-state index in [0.717, 1.165) is 19.6 Å². The van der Waals surface area contributed by atoms with Crippen molar-refractivity contribution in [2.75, 3.05) is 37.8 Å². The molecule has 108 valence electrons. The van der Waals surface area contributed by atoms with E-state index in [2.05, 4.69) is 35.4 Å². The van der Waals surface area contributed by atoms with Crippen LogP contribution in [0.15, 0.2) is 0 Å². The maximum atomic E-state index is 11.6. The van der Waals surface area contributed by atoms with E-state index >= 15 is 0 Å². The molecule has 19 heavy (non-hydrogen) atoms. The molecule has 0 saturated heterocycles. The van der Waals surface area contributed by atoms with Crippen molar-refractivity contribution < 1.29 is 9.53 Å². The zero-order valence-corrected chi connectivity index (χ0v) is 12.7. The predicted molar refractivity (Wildman–Crippen MR) is 78.7 cm³/mol. The first-order chi connectivity index (χ1) is 9.03. The Morgan fingerprint density at radius 1 is 1.53 bits per heavy atom. The van der Waals surface area contributed by atoms with Crippen LogP contribution in [0, 0.1) is 0 Å². The minimum absolute atomic E-state index is 0.197. The average molecular weight is 286 g/mol. The molecule has 0 spiro atoms. The molecule has 0 bridgehead atoms. The van der Waals surface area contributed by atoms with Crippen molar-refractivity contribution in [1.29, 1.82) is 0 Å². The van der Waals surface area contributed by atoms with E-state index in [0.29, 0.717) is 10.6 Å². The first kappa shape index (κ1) is 15.7. The highest BCUT2D eigenvalue weighted by Gasteiger charge is 2.21. The van der Waals surface area contributed by atoms with Crippen LogP contribution in [0.4, 0.5) is 10.8 Å². The van der Waals surface area contributed by atoms with Gasteiger partial charge in [-0.25, -0.2) is 4.79 Å². The number of ether oxygens (including phenoxy) is 1. The number of nitrogens with zero attached hydrogens (tertiary/aromatic N) is 2.